The molecule has 0 saturated carbocycles. The Hall–Kier alpha value is -2.77. The fourth-order valence-electron chi connectivity index (χ4n) is 1.87. The number of allylic oxidation sites excluding steroid dienone is 1. The van der Waals surface area contributed by atoms with E-state index in [9.17, 15) is 13.2 Å². The lowest BCUT2D eigenvalue weighted by Crippen LogP contribution is -2.06. The summed E-state index contributed by atoms with van der Waals surface area (Å²) in [5.74, 6) is 0.640. The van der Waals surface area contributed by atoms with Crippen molar-refractivity contribution < 1.29 is 13.2 Å². The summed E-state index contributed by atoms with van der Waals surface area (Å²) in [6, 6.07) is 2.60. The number of aliphatic imine (C=N–C) groups is 1. The fourth-order valence-corrected chi connectivity index (χ4v) is 1.87. The fraction of sp³-hybridized carbons (Fsp3) is 0.143. The number of anilines is 1. The number of alkyl halides is 3. The first-order valence-electron chi connectivity index (χ1n) is 6.35. The summed E-state index contributed by atoms with van der Waals surface area (Å²) in [5.41, 5.74) is 0.150. The Morgan fingerprint density at radius 1 is 1.18 bits per heavy atom. The van der Waals surface area contributed by atoms with Crippen molar-refractivity contribution in [2.24, 2.45) is 4.99 Å². The maximum absolute atomic E-state index is 12.7. The van der Waals surface area contributed by atoms with Crippen molar-refractivity contribution in [3.63, 3.8) is 0 Å². The van der Waals surface area contributed by atoms with Gasteiger partial charge in [0.2, 0.25) is 0 Å². The average Bonchev–Trinajstić information content (AvgIpc) is 3.00. The van der Waals surface area contributed by atoms with Crippen LogP contribution in [0.4, 0.5) is 19.0 Å². The minimum Gasteiger partial charge on any atom is -0.339 e. The predicted molar refractivity (Wildman–Crippen MR) is 75.3 cm³/mol. The third-order valence-corrected chi connectivity index (χ3v) is 2.90. The molecule has 0 aromatic carbocycles. The quantitative estimate of drug-likeness (QED) is 0.947. The first-order valence-corrected chi connectivity index (χ1v) is 6.35. The van der Waals surface area contributed by atoms with Crippen LogP contribution in [0.1, 0.15) is 5.56 Å². The lowest BCUT2D eigenvalue weighted by atomic mass is 10.2. The molecule has 5 nitrogen and oxygen atoms in total. The molecule has 1 N–H and O–H groups in total. The van der Waals surface area contributed by atoms with Gasteiger partial charge in [0.05, 0.1) is 17.8 Å². The van der Waals surface area contributed by atoms with Crippen molar-refractivity contribution in [2.45, 2.75) is 6.18 Å². The molecule has 3 heterocycles. The molecule has 0 spiro atoms. The van der Waals surface area contributed by atoms with E-state index in [4.69, 9.17) is 0 Å². The zero-order valence-electron chi connectivity index (χ0n) is 11.2. The molecule has 0 unspecified atom stereocenters. The molecule has 2 aromatic rings. The largest absolute Gasteiger partial charge is 0.417 e. The second kappa shape index (κ2) is 5.55. The summed E-state index contributed by atoms with van der Waals surface area (Å²) < 4.78 is 38.2. The molecule has 0 bridgehead atoms. The number of hydrogen-bond donors (Lipinski definition) is 1. The van der Waals surface area contributed by atoms with Gasteiger partial charge in [-0.25, -0.2) is 9.97 Å². The van der Waals surface area contributed by atoms with Gasteiger partial charge in [-0.3, -0.25) is 9.98 Å². The summed E-state index contributed by atoms with van der Waals surface area (Å²) in [4.78, 5) is 15.8. The van der Waals surface area contributed by atoms with Crippen LogP contribution in [-0.4, -0.2) is 27.7 Å². The Morgan fingerprint density at radius 3 is 2.77 bits per heavy atom. The van der Waals surface area contributed by atoms with E-state index < -0.39 is 11.7 Å². The smallest absolute Gasteiger partial charge is 0.339 e. The van der Waals surface area contributed by atoms with E-state index in [-0.39, 0.29) is 11.4 Å². The van der Waals surface area contributed by atoms with Crippen molar-refractivity contribution in [3.8, 4) is 11.4 Å². The lowest BCUT2D eigenvalue weighted by molar-refractivity contribution is -0.137. The first-order chi connectivity index (χ1) is 10.5. The monoisotopic (exact) mass is 305 g/mol. The van der Waals surface area contributed by atoms with Crippen molar-refractivity contribution in [3.05, 3.63) is 48.1 Å². The number of pyridine rings is 1. The minimum atomic E-state index is -4.45. The highest BCUT2D eigenvalue weighted by Gasteiger charge is 2.31. The van der Waals surface area contributed by atoms with Gasteiger partial charge in [-0.05, 0) is 18.2 Å². The van der Waals surface area contributed by atoms with Crippen LogP contribution < -0.4 is 5.32 Å². The molecule has 112 valence electrons. The van der Waals surface area contributed by atoms with Gasteiger partial charge in [-0.2, -0.15) is 13.2 Å². The molecule has 0 fully saturated rings. The van der Waals surface area contributed by atoms with Gasteiger partial charge in [-0.15, -0.1) is 0 Å². The van der Waals surface area contributed by atoms with Gasteiger partial charge >= 0.3 is 6.18 Å². The van der Waals surface area contributed by atoms with Crippen LogP contribution in [0.3, 0.4) is 0 Å². The van der Waals surface area contributed by atoms with Crippen LogP contribution >= 0.6 is 0 Å². The SMILES string of the molecule is FC(F)(F)c1cncc(-c2nccc(NC3=CCN=C3)n2)c1. The van der Waals surface area contributed by atoms with Crippen molar-refractivity contribution in [2.75, 3.05) is 11.9 Å². The van der Waals surface area contributed by atoms with Crippen LogP contribution in [0.5, 0.6) is 0 Å². The number of nitrogens with one attached hydrogen (secondary N) is 1. The average molecular weight is 305 g/mol. The number of rotatable bonds is 3. The molecule has 1 aliphatic rings. The van der Waals surface area contributed by atoms with Crippen molar-refractivity contribution >= 4 is 12.0 Å². The molecule has 8 heteroatoms. The molecular weight excluding hydrogens is 295 g/mol. The third-order valence-electron chi connectivity index (χ3n) is 2.90. The lowest BCUT2D eigenvalue weighted by Gasteiger charge is -2.08. The molecule has 0 aliphatic carbocycles. The van der Waals surface area contributed by atoms with E-state index >= 15 is 0 Å². The number of aromatic nitrogens is 3. The molecule has 0 saturated heterocycles. The second-order valence-electron chi connectivity index (χ2n) is 4.50. The minimum absolute atomic E-state index is 0.166. The molecule has 0 radical (unpaired) electrons. The van der Waals surface area contributed by atoms with Crippen LogP contribution in [0.25, 0.3) is 11.4 Å². The highest BCUT2D eigenvalue weighted by atomic mass is 19.4. The van der Waals surface area contributed by atoms with Crippen LogP contribution in [0, 0.1) is 0 Å². The van der Waals surface area contributed by atoms with Crippen LogP contribution in [0.15, 0.2) is 47.5 Å². The molecule has 2 aromatic heterocycles. The van der Waals surface area contributed by atoms with E-state index in [2.05, 4.69) is 25.3 Å². The topological polar surface area (TPSA) is 63.1 Å². The predicted octanol–water partition coefficient (Wildman–Crippen LogP) is 2.94. The van der Waals surface area contributed by atoms with Crippen molar-refractivity contribution in [1.29, 1.82) is 0 Å². The number of nitrogens with zero attached hydrogens (tertiary/aromatic N) is 4. The molecule has 0 atom stereocenters. The van der Waals surface area contributed by atoms with Gasteiger partial charge in [-0.1, -0.05) is 0 Å². The van der Waals surface area contributed by atoms with Crippen LogP contribution in [-0.2, 0) is 6.18 Å². The number of halogens is 3. The van der Waals surface area contributed by atoms with Gasteiger partial charge in [0.1, 0.15) is 5.82 Å². The van der Waals surface area contributed by atoms with Gasteiger partial charge in [0.15, 0.2) is 5.82 Å². The zero-order valence-corrected chi connectivity index (χ0v) is 11.2. The zero-order chi connectivity index (χ0) is 15.6. The first kappa shape index (κ1) is 14.2. The van der Waals surface area contributed by atoms with E-state index in [1.54, 1.807) is 12.3 Å². The summed E-state index contributed by atoms with van der Waals surface area (Å²) in [6.45, 7) is 0.595. The Kier molecular flexibility index (Phi) is 3.58. The van der Waals surface area contributed by atoms with E-state index in [1.165, 1.54) is 12.4 Å². The van der Waals surface area contributed by atoms with Crippen LogP contribution in [0.2, 0.25) is 0 Å². The van der Waals surface area contributed by atoms with E-state index in [1.807, 2.05) is 6.08 Å². The highest BCUT2D eigenvalue weighted by Crippen LogP contribution is 2.30. The molecular formula is C14H10F3N5. The standard InChI is InChI=1S/C14H10F3N5/c15-14(16,17)10-5-9(6-19-7-10)13-20-4-2-12(22-13)21-11-1-3-18-8-11/h1-2,4-8H,3H2,(H,20,21,22). The Morgan fingerprint density at radius 2 is 2.05 bits per heavy atom. The van der Waals surface area contributed by atoms with E-state index in [0.717, 1.165) is 18.0 Å². The van der Waals surface area contributed by atoms with Crippen molar-refractivity contribution in [1.82, 2.24) is 15.0 Å². The number of hydrogen-bond acceptors (Lipinski definition) is 5. The third kappa shape index (κ3) is 3.11. The molecule has 22 heavy (non-hydrogen) atoms. The molecule has 3 rings (SSSR count). The Bertz CT molecular complexity index is 752. The summed E-state index contributed by atoms with van der Waals surface area (Å²) >= 11 is 0. The van der Waals surface area contributed by atoms with E-state index in [0.29, 0.717) is 12.4 Å². The maximum Gasteiger partial charge on any atom is 0.417 e. The maximum atomic E-state index is 12.7. The summed E-state index contributed by atoms with van der Waals surface area (Å²) in [6.07, 6.45) is 2.61. The Labute approximate surface area is 123 Å². The van der Waals surface area contributed by atoms with Gasteiger partial charge in [0, 0.05) is 30.4 Å². The Balaban J connectivity index is 1.90. The van der Waals surface area contributed by atoms with Gasteiger partial charge < -0.3 is 5.32 Å². The summed E-state index contributed by atoms with van der Waals surface area (Å²) in [7, 11) is 0. The second-order valence-corrected chi connectivity index (χ2v) is 4.50. The highest BCUT2D eigenvalue weighted by molar-refractivity contribution is 5.84. The van der Waals surface area contributed by atoms with Gasteiger partial charge in [0.25, 0.3) is 0 Å². The molecule has 1 aliphatic heterocycles. The molecule has 0 amide bonds. The normalized spacial score (nSPS) is 14.0. The summed E-state index contributed by atoms with van der Waals surface area (Å²) in [5, 5.41) is 3.01.